The monoisotopic (exact) mass is 418 g/mol. The highest BCUT2D eigenvalue weighted by Crippen LogP contribution is 2.39. The summed E-state index contributed by atoms with van der Waals surface area (Å²) < 4.78 is 0. The second-order valence-electron chi connectivity index (χ2n) is 7.57. The minimum Gasteiger partial charge on any atom is -0.392 e. The number of aliphatic hydroxyl groups is 1. The SMILES string of the molecule is OCc1ccc(-c2nnn(C(c3ccccc3)(c3ccccc3)c3ccccc3)n2)cc1. The van der Waals surface area contributed by atoms with Crippen LogP contribution in [-0.4, -0.2) is 25.3 Å². The van der Waals surface area contributed by atoms with Gasteiger partial charge >= 0.3 is 0 Å². The highest BCUT2D eigenvalue weighted by Gasteiger charge is 2.41. The van der Waals surface area contributed by atoms with E-state index in [1.54, 1.807) is 4.80 Å². The van der Waals surface area contributed by atoms with Crippen molar-refractivity contribution >= 4 is 0 Å². The predicted molar refractivity (Wildman–Crippen MR) is 124 cm³/mol. The van der Waals surface area contributed by atoms with Crippen LogP contribution in [-0.2, 0) is 12.1 Å². The molecule has 1 N–H and O–H groups in total. The number of aliphatic hydroxyl groups excluding tert-OH is 1. The smallest absolute Gasteiger partial charge is 0.204 e. The predicted octanol–water partition coefficient (Wildman–Crippen LogP) is 4.67. The van der Waals surface area contributed by atoms with Gasteiger partial charge in [-0.15, -0.1) is 15.0 Å². The van der Waals surface area contributed by atoms with E-state index in [4.69, 9.17) is 5.10 Å². The molecule has 0 amide bonds. The summed E-state index contributed by atoms with van der Waals surface area (Å²) in [5, 5.41) is 23.2. The lowest BCUT2D eigenvalue weighted by Gasteiger charge is -2.34. The van der Waals surface area contributed by atoms with Gasteiger partial charge < -0.3 is 5.11 Å². The van der Waals surface area contributed by atoms with E-state index in [0.717, 1.165) is 27.8 Å². The first-order valence-corrected chi connectivity index (χ1v) is 10.5. The van der Waals surface area contributed by atoms with Crippen molar-refractivity contribution in [3.8, 4) is 11.4 Å². The minimum atomic E-state index is -0.792. The Hall–Kier alpha value is -4.09. The third-order valence-corrected chi connectivity index (χ3v) is 5.68. The Morgan fingerprint density at radius 1 is 0.625 bits per heavy atom. The molecule has 0 bridgehead atoms. The first-order valence-electron chi connectivity index (χ1n) is 10.5. The van der Waals surface area contributed by atoms with E-state index in [2.05, 4.69) is 46.7 Å². The van der Waals surface area contributed by atoms with Gasteiger partial charge in [-0.25, -0.2) is 0 Å². The van der Waals surface area contributed by atoms with Crippen molar-refractivity contribution in [2.24, 2.45) is 0 Å². The van der Waals surface area contributed by atoms with E-state index in [1.165, 1.54) is 0 Å². The number of hydrogen-bond acceptors (Lipinski definition) is 4. The minimum absolute atomic E-state index is 0.000465. The molecule has 32 heavy (non-hydrogen) atoms. The van der Waals surface area contributed by atoms with Crippen LogP contribution in [0.2, 0.25) is 0 Å². The lowest BCUT2D eigenvalue weighted by Crippen LogP contribution is -2.39. The normalized spacial score (nSPS) is 11.4. The molecule has 5 aromatic rings. The first kappa shape index (κ1) is 19.8. The Bertz CT molecular complexity index is 1190. The molecule has 0 saturated heterocycles. The topological polar surface area (TPSA) is 63.8 Å². The van der Waals surface area contributed by atoms with E-state index in [9.17, 15) is 5.11 Å². The first-order chi connectivity index (χ1) is 15.8. The van der Waals surface area contributed by atoms with Gasteiger partial charge in [0.05, 0.1) is 6.61 Å². The Labute approximate surface area is 186 Å². The highest BCUT2D eigenvalue weighted by molar-refractivity contribution is 5.55. The molecule has 0 fully saturated rings. The Morgan fingerprint density at radius 3 is 1.53 bits per heavy atom. The summed E-state index contributed by atoms with van der Waals surface area (Å²) in [4.78, 5) is 1.71. The van der Waals surface area contributed by atoms with Gasteiger partial charge in [0, 0.05) is 5.56 Å². The van der Waals surface area contributed by atoms with Gasteiger partial charge in [0.1, 0.15) is 0 Å². The molecule has 0 atom stereocenters. The third kappa shape index (κ3) is 3.39. The fourth-order valence-electron chi connectivity index (χ4n) is 4.12. The van der Waals surface area contributed by atoms with Crippen molar-refractivity contribution < 1.29 is 5.11 Å². The Morgan fingerprint density at radius 2 is 1.09 bits per heavy atom. The molecule has 1 heterocycles. The molecule has 0 aliphatic carbocycles. The fraction of sp³-hybridized carbons (Fsp3) is 0.0741. The van der Waals surface area contributed by atoms with Gasteiger partial charge in [-0.3, -0.25) is 0 Å². The Balaban J connectivity index is 1.76. The van der Waals surface area contributed by atoms with Crippen molar-refractivity contribution in [2.75, 3.05) is 0 Å². The van der Waals surface area contributed by atoms with Crippen LogP contribution >= 0.6 is 0 Å². The molecule has 0 saturated carbocycles. The second kappa shape index (κ2) is 8.57. The van der Waals surface area contributed by atoms with Crippen molar-refractivity contribution in [3.05, 3.63) is 138 Å². The maximum Gasteiger partial charge on any atom is 0.204 e. The Kier molecular flexibility index (Phi) is 5.32. The molecule has 5 heteroatoms. The number of nitrogens with zero attached hydrogens (tertiary/aromatic N) is 4. The summed E-state index contributed by atoms with van der Waals surface area (Å²) in [5.74, 6) is 0.529. The molecular formula is C27H22N4O. The van der Waals surface area contributed by atoms with Crippen LogP contribution in [0, 0.1) is 0 Å². The van der Waals surface area contributed by atoms with E-state index in [-0.39, 0.29) is 6.61 Å². The third-order valence-electron chi connectivity index (χ3n) is 5.68. The zero-order chi connectivity index (χ0) is 21.8. The largest absolute Gasteiger partial charge is 0.392 e. The number of benzene rings is 4. The summed E-state index contributed by atoms with van der Waals surface area (Å²) in [6.45, 7) is -0.000465. The van der Waals surface area contributed by atoms with E-state index in [0.29, 0.717) is 5.82 Å². The summed E-state index contributed by atoms with van der Waals surface area (Å²) in [6, 6.07) is 38.3. The van der Waals surface area contributed by atoms with Gasteiger partial charge in [-0.1, -0.05) is 115 Å². The lowest BCUT2D eigenvalue weighted by atomic mass is 9.77. The zero-order valence-electron chi connectivity index (χ0n) is 17.4. The summed E-state index contributed by atoms with van der Waals surface area (Å²) in [5.41, 5.74) is 4.01. The van der Waals surface area contributed by atoms with Crippen molar-refractivity contribution in [3.63, 3.8) is 0 Å². The molecule has 4 aromatic carbocycles. The van der Waals surface area contributed by atoms with Crippen LogP contribution in [0.25, 0.3) is 11.4 Å². The summed E-state index contributed by atoms with van der Waals surface area (Å²) >= 11 is 0. The molecule has 5 nitrogen and oxygen atoms in total. The molecule has 156 valence electrons. The van der Waals surface area contributed by atoms with Crippen LogP contribution in [0.4, 0.5) is 0 Å². The second-order valence-corrected chi connectivity index (χ2v) is 7.57. The van der Waals surface area contributed by atoms with Gasteiger partial charge in [-0.2, -0.15) is 0 Å². The van der Waals surface area contributed by atoms with Crippen molar-refractivity contribution in [1.82, 2.24) is 20.2 Å². The van der Waals surface area contributed by atoms with Crippen LogP contribution in [0.15, 0.2) is 115 Å². The molecule has 0 spiro atoms. The van der Waals surface area contributed by atoms with Crippen LogP contribution in [0.3, 0.4) is 0 Å². The molecule has 5 rings (SSSR count). The molecule has 0 radical (unpaired) electrons. The number of aromatic nitrogens is 4. The van der Waals surface area contributed by atoms with Crippen molar-refractivity contribution in [1.29, 1.82) is 0 Å². The van der Waals surface area contributed by atoms with Gasteiger partial charge in [0.2, 0.25) is 5.82 Å². The quantitative estimate of drug-likeness (QED) is 0.407. The number of rotatable bonds is 6. The highest BCUT2D eigenvalue weighted by atomic mass is 16.3. The lowest BCUT2D eigenvalue weighted by molar-refractivity contribution is 0.282. The standard InChI is InChI=1S/C27H22N4O/c32-20-21-16-18-22(19-17-21)26-28-30-31(29-26)27(23-10-4-1-5-11-23,24-12-6-2-7-13-24)25-14-8-3-9-15-25/h1-19,32H,20H2. The van der Waals surface area contributed by atoms with E-state index >= 15 is 0 Å². The number of hydrogen-bond donors (Lipinski definition) is 1. The zero-order valence-corrected chi connectivity index (χ0v) is 17.4. The molecule has 0 aliphatic heterocycles. The number of tetrazole rings is 1. The van der Waals surface area contributed by atoms with Crippen LogP contribution in [0.1, 0.15) is 22.3 Å². The summed E-state index contributed by atoms with van der Waals surface area (Å²) in [7, 11) is 0. The maximum atomic E-state index is 9.34. The van der Waals surface area contributed by atoms with Gasteiger partial charge in [-0.05, 0) is 27.5 Å². The molecule has 1 aromatic heterocycles. The van der Waals surface area contributed by atoms with Crippen LogP contribution < -0.4 is 0 Å². The van der Waals surface area contributed by atoms with Crippen LogP contribution in [0.5, 0.6) is 0 Å². The maximum absolute atomic E-state index is 9.34. The average molecular weight is 419 g/mol. The fourth-order valence-corrected chi connectivity index (χ4v) is 4.12. The van der Waals surface area contributed by atoms with Gasteiger partial charge in [0.25, 0.3) is 0 Å². The summed E-state index contributed by atoms with van der Waals surface area (Å²) in [6.07, 6.45) is 0. The molecular weight excluding hydrogens is 396 g/mol. The molecule has 0 unspecified atom stereocenters. The van der Waals surface area contributed by atoms with Crippen molar-refractivity contribution in [2.45, 2.75) is 12.1 Å². The van der Waals surface area contributed by atoms with Gasteiger partial charge in [0.15, 0.2) is 5.54 Å². The van der Waals surface area contributed by atoms with E-state index < -0.39 is 5.54 Å². The molecule has 0 aliphatic rings. The average Bonchev–Trinajstić information content (AvgIpc) is 3.37. The van der Waals surface area contributed by atoms with E-state index in [1.807, 2.05) is 78.9 Å².